The van der Waals surface area contributed by atoms with Crippen LogP contribution in [0.5, 0.6) is 5.75 Å². The number of nitrogens with zero attached hydrogens (tertiary/aromatic N) is 3. The molecule has 1 N–H and O–H groups in total. The molecule has 1 unspecified atom stereocenters. The molecular formula is C24H23ClN4O4. The molecule has 2 aromatic carbocycles. The summed E-state index contributed by atoms with van der Waals surface area (Å²) in [4.78, 5) is 28.4. The summed E-state index contributed by atoms with van der Waals surface area (Å²) >= 11 is 5.99. The molecule has 5 rings (SSSR count). The lowest BCUT2D eigenvalue weighted by Crippen LogP contribution is -2.36. The van der Waals surface area contributed by atoms with E-state index in [0.717, 1.165) is 24.0 Å². The van der Waals surface area contributed by atoms with E-state index >= 15 is 0 Å². The SMILES string of the molecule is CN1C(=O)COc2ccc(NC(=O)N3CCCC3c3oncc3Cc3ccc(Cl)cc3)cc21. The van der Waals surface area contributed by atoms with Crippen molar-refractivity contribution in [1.29, 1.82) is 0 Å². The predicted molar refractivity (Wildman–Crippen MR) is 124 cm³/mol. The number of amides is 3. The molecule has 0 bridgehead atoms. The third-order valence-corrected chi connectivity index (χ3v) is 6.35. The van der Waals surface area contributed by atoms with Crippen molar-refractivity contribution in [2.45, 2.75) is 25.3 Å². The first kappa shape index (κ1) is 21.3. The van der Waals surface area contributed by atoms with Crippen LogP contribution in [0.3, 0.4) is 0 Å². The van der Waals surface area contributed by atoms with Crippen LogP contribution < -0.4 is 15.0 Å². The average Bonchev–Trinajstić information content (AvgIpc) is 3.47. The predicted octanol–water partition coefficient (Wildman–Crippen LogP) is 4.64. The number of likely N-dealkylation sites (N-methyl/N-ethyl adjacent to an activating group) is 1. The van der Waals surface area contributed by atoms with Gasteiger partial charge in [-0.25, -0.2) is 4.79 Å². The van der Waals surface area contributed by atoms with E-state index in [9.17, 15) is 9.59 Å². The van der Waals surface area contributed by atoms with Crippen molar-refractivity contribution in [2.75, 3.05) is 30.4 Å². The fourth-order valence-corrected chi connectivity index (χ4v) is 4.45. The average molecular weight is 467 g/mol. The van der Waals surface area contributed by atoms with E-state index in [0.29, 0.717) is 40.9 Å². The number of halogens is 1. The Hall–Kier alpha value is -3.52. The van der Waals surface area contributed by atoms with Crippen molar-refractivity contribution in [1.82, 2.24) is 10.1 Å². The molecule has 3 amide bonds. The van der Waals surface area contributed by atoms with Crippen molar-refractivity contribution < 1.29 is 18.8 Å². The number of carbonyl (C=O) groups excluding carboxylic acids is 2. The summed E-state index contributed by atoms with van der Waals surface area (Å²) in [6.45, 7) is 0.629. The van der Waals surface area contributed by atoms with Gasteiger partial charge in [0.25, 0.3) is 5.91 Å². The van der Waals surface area contributed by atoms with Gasteiger partial charge in [0.2, 0.25) is 0 Å². The summed E-state index contributed by atoms with van der Waals surface area (Å²) in [5.74, 6) is 1.19. The largest absolute Gasteiger partial charge is 0.482 e. The van der Waals surface area contributed by atoms with E-state index in [2.05, 4.69) is 10.5 Å². The summed E-state index contributed by atoms with van der Waals surface area (Å²) < 4.78 is 11.1. The summed E-state index contributed by atoms with van der Waals surface area (Å²) in [5, 5.41) is 7.65. The quantitative estimate of drug-likeness (QED) is 0.605. The number of benzene rings is 2. The van der Waals surface area contributed by atoms with Crippen LogP contribution in [0.25, 0.3) is 0 Å². The van der Waals surface area contributed by atoms with Gasteiger partial charge in [-0.15, -0.1) is 0 Å². The third kappa shape index (κ3) is 4.26. The maximum Gasteiger partial charge on any atom is 0.322 e. The molecule has 9 heteroatoms. The molecule has 1 atom stereocenters. The van der Waals surface area contributed by atoms with E-state index in [1.54, 1.807) is 36.3 Å². The Labute approximate surface area is 196 Å². The summed E-state index contributed by atoms with van der Waals surface area (Å²) in [5.41, 5.74) is 3.26. The van der Waals surface area contributed by atoms with Gasteiger partial charge in [0.05, 0.1) is 17.9 Å². The van der Waals surface area contributed by atoms with Crippen LogP contribution in [-0.4, -0.2) is 42.2 Å². The molecule has 1 saturated heterocycles. The number of nitrogens with one attached hydrogen (secondary N) is 1. The molecule has 0 aliphatic carbocycles. The van der Waals surface area contributed by atoms with Gasteiger partial charge in [-0.1, -0.05) is 28.9 Å². The van der Waals surface area contributed by atoms with Crippen molar-refractivity contribution in [3.05, 3.63) is 70.6 Å². The van der Waals surface area contributed by atoms with E-state index in [4.69, 9.17) is 20.9 Å². The highest BCUT2D eigenvalue weighted by Gasteiger charge is 2.34. The number of aromatic nitrogens is 1. The van der Waals surface area contributed by atoms with E-state index in [1.807, 2.05) is 24.3 Å². The Bertz CT molecular complexity index is 1190. The summed E-state index contributed by atoms with van der Waals surface area (Å²) in [7, 11) is 1.69. The fraction of sp³-hybridized carbons (Fsp3) is 0.292. The van der Waals surface area contributed by atoms with Crippen LogP contribution in [0, 0.1) is 0 Å². The monoisotopic (exact) mass is 466 g/mol. The highest BCUT2D eigenvalue weighted by molar-refractivity contribution is 6.30. The minimum absolute atomic E-state index is 0.0141. The molecule has 8 nitrogen and oxygen atoms in total. The maximum absolute atomic E-state index is 13.2. The molecule has 1 aromatic heterocycles. The van der Waals surface area contributed by atoms with Crippen LogP contribution in [-0.2, 0) is 11.2 Å². The number of hydrogen-bond acceptors (Lipinski definition) is 5. The molecule has 0 spiro atoms. The van der Waals surface area contributed by atoms with Gasteiger partial charge >= 0.3 is 6.03 Å². The second-order valence-corrected chi connectivity index (χ2v) is 8.66. The Morgan fingerprint density at radius 3 is 2.88 bits per heavy atom. The smallest absolute Gasteiger partial charge is 0.322 e. The zero-order chi connectivity index (χ0) is 22.9. The number of fused-ring (bicyclic) bond motifs is 1. The van der Waals surface area contributed by atoms with Crippen molar-refractivity contribution >= 4 is 34.9 Å². The standard InChI is InChI=1S/C24H23ClN4O4/c1-28-20-12-18(8-9-21(20)32-14-22(28)30)27-24(31)29-10-2-3-19(29)23-16(13-26-33-23)11-15-4-6-17(25)7-5-15/h4-9,12-13,19H,2-3,10-11,14H2,1H3,(H,27,31). The first-order valence-electron chi connectivity index (χ1n) is 10.8. The van der Waals surface area contributed by atoms with Crippen LogP contribution in [0.1, 0.15) is 35.8 Å². The van der Waals surface area contributed by atoms with Gasteiger partial charge in [-0.2, -0.15) is 0 Å². The highest BCUT2D eigenvalue weighted by atomic mass is 35.5. The minimum atomic E-state index is -0.225. The van der Waals surface area contributed by atoms with Crippen molar-refractivity contribution in [3.8, 4) is 5.75 Å². The van der Waals surface area contributed by atoms with Gasteiger partial charge < -0.3 is 24.4 Å². The van der Waals surface area contributed by atoms with Crippen molar-refractivity contribution in [3.63, 3.8) is 0 Å². The first-order valence-corrected chi connectivity index (χ1v) is 11.2. The van der Waals surface area contributed by atoms with Crippen LogP contribution in [0.4, 0.5) is 16.2 Å². The third-order valence-electron chi connectivity index (χ3n) is 6.10. The number of rotatable bonds is 4. The van der Waals surface area contributed by atoms with Crippen molar-refractivity contribution in [2.24, 2.45) is 0 Å². The lowest BCUT2D eigenvalue weighted by atomic mass is 10.0. The van der Waals surface area contributed by atoms with Gasteiger partial charge in [-0.05, 0) is 48.7 Å². The summed E-state index contributed by atoms with van der Waals surface area (Å²) in [6, 6.07) is 12.5. The zero-order valence-corrected chi connectivity index (χ0v) is 18.8. The molecule has 2 aliphatic heterocycles. The Balaban J connectivity index is 1.33. The first-order chi connectivity index (χ1) is 16.0. The lowest BCUT2D eigenvalue weighted by molar-refractivity contribution is -0.120. The van der Waals surface area contributed by atoms with E-state index in [1.165, 1.54) is 4.90 Å². The van der Waals surface area contributed by atoms with Gasteiger partial charge in [0.15, 0.2) is 12.4 Å². The topological polar surface area (TPSA) is 87.9 Å². The molecule has 2 aliphatic rings. The highest BCUT2D eigenvalue weighted by Crippen LogP contribution is 2.37. The Kier molecular flexibility index (Phi) is 5.68. The molecule has 1 fully saturated rings. The maximum atomic E-state index is 13.2. The number of likely N-dealkylation sites (tertiary alicyclic amines) is 1. The van der Waals surface area contributed by atoms with Crippen LogP contribution in [0.2, 0.25) is 5.02 Å². The minimum Gasteiger partial charge on any atom is -0.482 e. The lowest BCUT2D eigenvalue weighted by Gasteiger charge is -2.27. The van der Waals surface area contributed by atoms with Crippen LogP contribution >= 0.6 is 11.6 Å². The summed E-state index contributed by atoms with van der Waals surface area (Å²) in [6.07, 6.45) is 4.03. The van der Waals surface area contributed by atoms with Crippen LogP contribution in [0.15, 0.2) is 53.2 Å². The number of hydrogen-bond donors (Lipinski definition) is 1. The molecule has 3 heterocycles. The molecule has 3 aromatic rings. The number of anilines is 2. The Morgan fingerprint density at radius 1 is 1.24 bits per heavy atom. The fourth-order valence-electron chi connectivity index (χ4n) is 4.33. The van der Waals surface area contributed by atoms with E-state index in [-0.39, 0.29) is 24.6 Å². The second-order valence-electron chi connectivity index (χ2n) is 8.22. The molecule has 33 heavy (non-hydrogen) atoms. The van der Waals surface area contributed by atoms with Gasteiger partial charge in [0.1, 0.15) is 5.75 Å². The van der Waals surface area contributed by atoms with Gasteiger partial charge in [0, 0.05) is 36.3 Å². The number of carbonyl (C=O) groups is 2. The zero-order valence-electron chi connectivity index (χ0n) is 18.1. The molecular weight excluding hydrogens is 444 g/mol. The Morgan fingerprint density at radius 2 is 2.06 bits per heavy atom. The number of urea groups is 1. The van der Waals surface area contributed by atoms with E-state index < -0.39 is 0 Å². The number of ether oxygens (including phenoxy) is 1. The molecule has 0 radical (unpaired) electrons. The molecule has 170 valence electrons. The molecule has 0 saturated carbocycles. The van der Waals surface area contributed by atoms with Gasteiger partial charge in [-0.3, -0.25) is 4.79 Å². The second kappa shape index (κ2) is 8.78. The normalized spacial score (nSPS) is 17.6.